The Balaban J connectivity index is 1.25. The fourth-order valence-electron chi connectivity index (χ4n) is 10.3. The first-order valence-electron chi connectivity index (χ1n) is 17.5. The summed E-state index contributed by atoms with van der Waals surface area (Å²) in [6.45, 7) is 12.9. The van der Waals surface area contributed by atoms with E-state index in [0.29, 0.717) is 36.6 Å². The molecule has 2 aromatic rings. The number of amides is 1. The van der Waals surface area contributed by atoms with Gasteiger partial charge >= 0.3 is 6.09 Å². The van der Waals surface area contributed by atoms with Crippen LogP contribution in [0.5, 0.6) is 0 Å². The van der Waals surface area contributed by atoms with E-state index in [2.05, 4.69) is 56.9 Å². The highest BCUT2D eigenvalue weighted by atomic mass is 32.1. The average Bonchev–Trinajstić information content (AvgIpc) is 3.66. The van der Waals surface area contributed by atoms with Crippen LogP contribution in [0.1, 0.15) is 123 Å². The molecule has 1 amide bonds. The number of allylic oxidation sites excluding steroid dienone is 2. The summed E-state index contributed by atoms with van der Waals surface area (Å²) in [5.74, 6) is 2.24. The SMILES string of the molecule is CC1=CCC[C@@]2(C)[C@@H](CC[C@@]23CN(C[C@@H]2CC[C@H]4C[C@@H]2C4(C)C)C(=O)O3)c2ccc(cc2C(=O)c2ccc(C)s2)C[C@@H](O)CC1. The van der Waals surface area contributed by atoms with Crippen molar-refractivity contribution < 1.29 is 19.4 Å². The van der Waals surface area contributed by atoms with Crippen LogP contribution in [-0.4, -0.2) is 46.7 Å². The summed E-state index contributed by atoms with van der Waals surface area (Å²) in [5.41, 5.74) is 3.62. The Hall–Kier alpha value is -2.44. The number of aliphatic hydroxyl groups is 1. The summed E-state index contributed by atoms with van der Waals surface area (Å²) >= 11 is 1.55. The minimum Gasteiger partial charge on any atom is -0.440 e. The van der Waals surface area contributed by atoms with Crippen molar-refractivity contribution in [2.45, 2.75) is 116 Å². The highest BCUT2D eigenvalue weighted by molar-refractivity contribution is 7.14. The number of ether oxygens (including phenoxy) is 1. The molecule has 7 aliphatic rings. The van der Waals surface area contributed by atoms with Gasteiger partial charge in [-0.3, -0.25) is 4.79 Å². The number of carbonyl (C=O) groups is 2. The van der Waals surface area contributed by atoms with Crippen LogP contribution in [0.4, 0.5) is 4.79 Å². The van der Waals surface area contributed by atoms with Gasteiger partial charge in [0.25, 0.3) is 0 Å². The van der Waals surface area contributed by atoms with E-state index in [1.54, 1.807) is 11.3 Å². The van der Waals surface area contributed by atoms with Gasteiger partial charge in [-0.25, -0.2) is 4.79 Å². The van der Waals surface area contributed by atoms with Gasteiger partial charge < -0.3 is 14.7 Å². The molecule has 0 unspecified atom stereocenters. The zero-order chi connectivity index (χ0) is 31.7. The van der Waals surface area contributed by atoms with E-state index in [4.69, 9.17) is 4.74 Å². The maximum absolute atomic E-state index is 14.2. The molecule has 1 spiro atoms. The van der Waals surface area contributed by atoms with Gasteiger partial charge in [0.2, 0.25) is 5.78 Å². The van der Waals surface area contributed by atoms with Gasteiger partial charge in [0.1, 0.15) is 5.60 Å². The highest BCUT2D eigenvalue weighted by Gasteiger charge is 2.64. The summed E-state index contributed by atoms with van der Waals surface area (Å²) < 4.78 is 6.62. The van der Waals surface area contributed by atoms with Gasteiger partial charge in [0.05, 0.1) is 17.5 Å². The number of hydrogen-bond donors (Lipinski definition) is 1. The Morgan fingerprint density at radius 3 is 2.62 bits per heavy atom. The number of nitrogens with zero attached hydrogens (tertiary/aromatic N) is 1. The summed E-state index contributed by atoms with van der Waals surface area (Å²) in [6, 6.07) is 10.3. The first-order chi connectivity index (χ1) is 21.4. The maximum Gasteiger partial charge on any atom is 0.410 e. The van der Waals surface area contributed by atoms with Crippen LogP contribution in [0.15, 0.2) is 42.0 Å². The third-order valence-electron chi connectivity index (χ3n) is 13.3. The fourth-order valence-corrected chi connectivity index (χ4v) is 11.1. The minimum absolute atomic E-state index is 0.0642. The molecule has 9 rings (SSSR count). The lowest BCUT2D eigenvalue weighted by Gasteiger charge is -2.60. The molecule has 1 N–H and O–H groups in total. The van der Waals surface area contributed by atoms with Crippen molar-refractivity contribution in [1.82, 2.24) is 4.90 Å². The Kier molecular flexibility index (Phi) is 7.87. The quantitative estimate of drug-likeness (QED) is 0.271. The molecule has 6 heteroatoms. The molecule has 5 nitrogen and oxygen atoms in total. The molecular formula is C39H51NO4S. The molecule has 5 fully saturated rings. The lowest BCUT2D eigenvalue weighted by Crippen LogP contribution is -2.55. The third-order valence-corrected chi connectivity index (χ3v) is 14.3. The minimum atomic E-state index is -0.575. The van der Waals surface area contributed by atoms with Gasteiger partial charge in [-0.2, -0.15) is 0 Å². The summed E-state index contributed by atoms with van der Waals surface area (Å²) in [7, 11) is 0. The van der Waals surface area contributed by atoms with Gasteiger partial charge in [-0.05, 0) is 136 Å². The van der Waals surface area contributed by atoms with E-state index < -0.39 is 11.7 Å². The predicted molar refractivity (Wildman–Crippen MR) is 180 cm³/mol. The van der Waals surface area contributed by atoms with Crippen LogP contribution in [0.3, 0.4) is 0 Å². The Morgan fingerprint density at radius 1 is 1.07 bits per heavy atom. The molecular weight excluding hydrogens is 578 g/mol. The van der Waals surface area contributed by atoms with Gasteiger partial charge in [-0.1, -0.05) is 44.6 Å². The second kappa shape index (κ2) is 11.4. The van der Waals surface area contributed by atoms with Gasteiger partial charge in [-0.15, -0.1) is 11.3 Å². The number of thiophene rings is 1. The Bertz CT molecular complexity index is 1520. The van der Waals surface area contributed by atoms with E-state index in [0.717, 1.165) is 71.0 Å². The standard InChI is InChI=1S/C39H51NO4S/c1-24-7-6-17-38(5)32(16-18-39(38)23-40(36(43)44-39)22-27-11-12-28-21-33(27)37(28,3)4)30-14-10-26(19-29(41)13-8-24)20-31(30)35(42)34-15-9-25(2)45-34/h7,9-10,14-15,20,27-29,32-33,41H,6,8,11-13,16-19,21-23H2,1-5H3/t27-,28-,29-,32-,33-,38-,39+/m0/s1. The van der Waals surface area contributed by atoms with Gasteiger partial charge in [0.15, 0.2) is 0 Å². The molecule has 7 atom stereocenters. The number of hydrogen-bond acceptors (Lipinski definition) is 5. The maximum atomic E-state index is 14.2. The fraction of sp³-hybridized carbons (Fsp3) is 0.641. The zero-order valence-corrected chi connectivity index (χ0v) is 28.7. The average molecular weight is 630 g/mol. The topological polar surface area (TPSA) is 66.8 Å². The van der Waals surface area contributed by atoms with Crippen molar-refractivity contribution in [3.8, 4) is 0 Å². The van der Waals surface area contributed by atoms with Crippen LogP contribution >= 0.6 is 11.3 Å². The van der Waals surface area contributed by atoms with Crippen molar-refractivity contribution >= 4 is 23.2 Å². The molecule has 1 saturated heterocycles. The second-order valence-corrected chi connectivity index (χ2v) is 17.4. The predicted octanol–water partition coefficient (Wildman–Crippen LogP) is 8.86. The Labute approximate surface area is 273 Å². The molecule has 1 aromatic heterocycles. The van der Waals surface area contributed by atoms with E-state index in [-0.39, 0.29) is 23.2 Å². The van der Waals surface area contributed by atoms with Crippen molar-refractivity contribution in [2.24, 2.45) is 28.6 Å². The summed E-state index contributed by atoms with van der Waals surface area (Å²) in [5, 5.41) is 10.9. The monoisotopic (exact) mass is 629 g/mol. The number of carbonyl (C=O) groups excluding carboxylic acids is 2. The molecule has 1 aliphatic heterocycles. The summed E-state index contributed by atoms with van der Waals surface area (Å²) in [6.07, 6.45) is 11.1. The zero-order valence-electron chi connectivity index (χ0n) is 27.9. The number of benzene rings is 1. The molecule has 45 heavy (non-hydrogen) atoms. The smallest absolute Gasteiger partial charge is 0.410 e. The van der Waals surface area contributed by atoms with E-state index >= 15 is 0 Å². The Morgan fingerprint density at radius 2 is 1.89 bits per heavy atom. The number of ketones is 1. The third kappa shape index (κ3) is 5.23. The van der Waals surface area contributed by atoms with E-state index in [9.17, 15) is 14.7 Å². The van der Waals surface area contributed by atoms with Crippen molar-refractivity contribution in [3.63, 3.8) is 0 Å². The highest BCUT2D eigenvalue weighted by Crippen LogP contribution is 2.64. The molecule has 2 heterocycles. The van der Waals surface area contributed by atoms with Crippen molar-refractivity contribution in [2.75, 3.05) is 13.1 Å². The van der Waals surface area contributed by atoms with Crippen molar-refractivity contribution in [3.05, 3.63) is 68.4 Å². The first kappa shape index (κ1) is 31.2. The van der Waals surface area contributed by atoms with E-state index in [1.807, 2.05) is 19.1 Å². The molecule has 4 bridgehead atoms. The molecule has 1 aromatic carbocycles. The lowest BCUT2D eigenvalue weighted by molar-refractivity contribution is -0.109. The van der Waals surface area contributed by atoms with Crippen LogP contribution in [-0.2, 0) is 11.2 Å². The number of rotatable bonds is 4. The molecule has 6 aliphatic carbocycles. The normalized spacial score (nSPS) is 35.9. The molecule has 4 saturated carbocycles. The van der Waals surface area contributed by atoms with Crippen LogP contribution in [0.2, 0.25) is 0 Å². The number of aliphatic hydroxyl groups excluding tert-OH is 1. The summed E-state index contributed by atoms with van der Waals surface area (Å²) in [4.78, 5) is 31.9. The van der Waals surface area contributed by atoms with Gasteiger partial charge in [0, 0.05) is 22.4 Å². The number of aryl methyl sites for hydroxylation is 1. The molecule has 242 valence electrons. The van der Waals surface area contributed by atoms with Crippen LogP contribution in [0.25, 0.3) is 0 Å². The van der Waals surface area contributed by atoms with Crippen LogP contribution in [0, 0.1) is 35.5 Å². The number of fused-ring (bicyclic) bond motifs is 10. The molecule has 0 radical (unpaired) electrons. The largest absolute Gasteiger partial charge is 0.440 e. The van der Waals surface area contributed by atoms with E-state index in [1.165, 1.54) is 24.8 Å². The van der Waals surface area contributed by atoms with Crippen molar-refractivity contribution in [1.29, 1.82) is 0 Å². The first-order valence-corrected chi connectivity index (χ1v) is 18.3. The second-order valence-electron chi connectivity index (χ2n) is 16.1. The lowest BCUT2D eigenvalue weighted by atomic mass is 9.45. The van der Waals surface area contributed by atoms with Crippen LogP contribution < -0.4 is 0 Å².